The number of ketones is 3. The quantitative estimate of drug-likeness (QED) is 0.0287. The summed E-state index contributed by atoms with van der Waals surface area (Å²) in [4.78, 5) is 247. The minimum absolute atomic E-state index is 0.0531. The van der Waals surface area contributed by atoms with E-state index in [0.717, 1.165) is 75.3 Å². The van der Waals surface area contributed by atoms with Gasteiger partial charge in [-0.2, -0.15) is 0 Å². The number of hydrogen-bond donors (Lipinski definition) is 13. The minimum atomic E-state index is -1.11. The lowest BCUT2D eigenvalue weighted by Gasteiger charge is -2.39. The van der Waals surface area contributed by atoms with Gasteiger partial charge in [-0.3, -0.25) is 71.9 Å². The normalized spacial score (nSPS) is 24.0. The van der Waals surface area contributed by atoms with E-state index in [1.54, 1.807) is 23.9 Å². The zero-order valence-electron chi connectivity index (χ0n) is 89.6. The summed E-state index contributed by atoms with van der Waals surface area (Å²) in [6.07, 6.45) is 10.7. The molecule has 2 aromatic carbocycles. The van der Waals surface area contributed by atoms with Crippen molar-refractivity contribution in [2.75, 3.05) is 40.3 Å². The maximum absolute atomic E-state index is 14.4. The van der Waals surface area contributed by atoms with Crippen molar-refractivity contribution >= 4 is 106 Å². The second kappa shape index (κ2) is 43.7. The number of nitrogens with two attached hydrogens (primary N) is 3. The van der Waals surface area contributed by atoms with Gasteiger partial charge in [0, 0.05) is 46.8 Å². The monoisotopic (exact) mass is 1990 g/mol. The largest absolute Gasteiger partial charge is 0.363 e. The first-order chi connectivity index (χ1) is 65.9. The molecule has 18 amide bonds. The third-order valence-electron chi connectivity index (χ3n) is 32.1. The van der Waals surface area contributed by atoms with Gasteiger partial charge in [0.2, 0.25) is 70.5 Å². The molecule has 10 aliphatic rings. The second-order valence-electron chi connectivity index (χ2n) is 50.7. The van der Waals surface area contributed by atoms with Gasteiger partial charge in [-0.1, -0.05) is 271 Å². The summed E-state index contributed by atoms with van der Waals surface area (Å²) >= 11 is 0. The molecule has 2 aromatic rings. The molecule has 0 spiro atoms. The van der Waals surface area contributed by atoms with E-state index in [9.17, 15) is 86.3 Å². The predicted molar refractivity (Wildman–Crippen MR) is 539 cm³/mol. The first-order valence-electron chi connectivity index (χ1n) is 51.4. The number of nitrogens with zero attached hydrogens (tertiary/aromatic N) is 5. The van der Waals surface area contributed by atoms with Crippen molar-refractivity contribution in [3.8, 4) is 0 Å². The van der Waals surface area contributed by atoms with E-state index in [1.807, 2.05) is 206 Å². The molecule has 7 aliphatic carbocycles. The molecule has 3 saturated heterocycles. The van der Waals surface area contributed by atoms with Gasteiger partial charge in [-0.25, -0.2) is 14.4 Å². The fourth-order valence-electron chi connectivity index (χ4n) is 21.9. The summed E-state index contributed by atoms with van der Waals surface area (Å²) in [5.74, 6) is -8.65. The molecule has 0 bridgehead atoms. The average Bonchev–Trinajstić information content (AvgIpc) is 1.53. The number of likely N-dealkylation sites (tertiary alicyclic amines) is 3. The summed E-state index contributed by atoms with van der Waals surface area (Å²) in [5, 5.41) is 28.4. The van der Waals surface area contributed by atoms with Crippen molar-refractivity contribution in [2.24, 2.45) is 126 Å². The Bertz CT molecular complexity index is 5100. The second-order valence-corrected chi connectivity index (χ2v) is 50.7. The SMILES string of the molecule is CC(C)(NC(=O)[C@@H](NC(=O)N[C@H](C(=O)N1C[C@H]2[C@@H]([C@H]1C(=O)NC(CC1CC1)C(=O)C(N)=O)C2(C)C)C(C)(C)C)C(C)(C)C)c1ccccc1.CC(C)[C@H](NC(=O)N[C@H](C(=O)N1C[C@H]2[C@@H]([C@H]1C(=O)NC(CC1CCC1)C(=O)C(N)=O)C2(C)C)C(C)(C)C)C(=O)N(C)CC1CC1.CN(Cc1ccccc1)C(=O)[C@@H](NC(=O)N[C@H](C(=O)N1C[C@H]2[C@@H]([C@H]1C(=O)NC(CC1CCC1)C(=O)C(N)=O)C2(C)C)C(C)(C)C)C(C)(C)C. The van der Waals surface area contributed by atoms with E-state index in [-0.39, 0.29) is 93.1 Å². The highest BCUT2D eigenvalue weighted by atomic mass is 16.2. The Kier molecular flexibility index (Phi) is 34.8. The van der Waals surface area contributed by atoms with Crippen LogP contribution in [0, 0.1) is 108 Å². The molecule has 3 unspecified atom stereocenters. The maximum Gasteiger partial charge on any atom is 0.316 e. The summed E-state index contributed by atoms with van der Waals surface area (Å²) in [5.41, 5.74) is 12.9. The number of amides is 18. The first kappa shape index (κ1) is 114. The smallest absolute Gasteiger partial charge is 0.316 e. The first-order valence-corrected chi connectivity index (χ1v) is 51.4. The number of urea groups is 3. The number of piperidine rings is 3. The highest BCUT2D eigenvalue weighted by molar-refractivity contribution is 6.39. The molecule has 792 valence electrons. The lowest BCUT2D eigenvalue weighted by Crippen LogP contribution is -2.63. The van der Waals surface area contributed by atoms with Crippen LogP contribution in [0.2, 0.25) is 0 Å². The Morgan fingerprint density at radius 2 is 0.664 bits per heavy atom. The molecule has 0 radical (unpaired) electrons. The van der Waals surface area contributed by atoms with Crippen LogP contribution in [0.3, 0.4) is 0 Å². The van der Waals surface area contributed by atoms with Gasteiger partial charge in [-0.15, -0.1) is 0 Å². The van der Waals surface area contributed by atoms with Gasteiger partial charge in [0.05, 0.1) is 23.7 Å². The molecule has 10 fully saturated rings. The fourth-order valence-corrected chi connectivity index (χ4v) is 21.9. The Morgan fingerprint density at radius 3 is 0.951 bits per heavy atom. The van der Waals surface area contributed by atoms with Crippen LogP contribution >= 0.6 is 0 Å². The van der Waals surface area contributed by atoms with Crippen LogP contribution in [-0.2, 0) is 84.0 Å². The number of carbonyl (C=O) groups excluding carboxylic acids is 18. The molecular formula is C107H166N18O18. The molecule has 36 nitrogen and oxygen atoms in total. The van der Waals surface area contributed by atoms with Gasteiger partial charge in [0.1, 0.15) is 54.4 Å². The molecule has 0 aromatic heterocycles. The zero-order chi connectivity index (χ0) is 107. The van der Waals surface area contributed by atoms with Crippen LogP contribution in [0.25, 0.3) is 0 Å². The van der Waals surface area contributed by atoms with Gasteiger partial charge < -0.3 is 94.9 Å². The number of carbonyl (C=O) groups is 18. The minimum Gasteiger partial charge on any atom is -0.363 e. The van der Waals surface area contributed by atoms with Gasteiger partial charge in [0.15, 0.2) is 0 Å². The van der Waals surface area contributed by atoms with Crippen LogP contribution in [0.1, 0.15) is 268 Å². The number of benzene rings is 2. The lowest BCUT2D eigenvalue weighted by molar-refractivity contribution is -0.145. The highest BCUT2D eigenvalue weighted by Gasteiger charge is 2.73. The van der Waals surface area contributed by atoms with Gasteiger partial charge >= 0.3 is 18.1 Å². The molecule has 16 N–H and O–H groups in total. The molecule has 12 rings (SSSR count). The van der Waals surface area contributed by atoms with Crippen LogP contribution in [0.4, 0.5) is 14.4 Å². The Labute approximate surface area is 844 Å². The van der Waals surface area contributed by atoms with Crippen LogP contribution in [-0.4, -0.2) is 244 Å². The van der Waals surface area contributed by atoms with E-state index in [2.05, 4.69) is 80.9 Å². The lowest BCUT2D eigenvalue weighted by atomic mass is 9.80. The van der Waals surface area contributed by atoms with E-state index >= 15 is 0 Å². The van der Waals surface area contributed by atoms with Crippen molar-refractivity contribution in [3.05, 3.63) is 71.8 Å². The summed E-state index contributed by atoms with van der Waals surface area (Å²) in [6.45, 7) is 49.3. The predicted octanol–water partition coefficient (Wildman–Crippen LogP) is 7.78. The topological polar surface area (TPSA) is 522 Å². The van der Waals surface area contributed by atoms with E-state index in [1.165, 1.54) is 14.7 Å². The zero-order valence-corrected chi connectivity index (χ0v) is 89.6. The van der Waals surface area contributed by atoms with E-state index in [0.29, 0.717) is 57.9 Å². The highest BCUT2D eigenvalue weighted by Crippen LogP contribution is 2.67. The Hall–Kier alpha value is -11.1. The molecule has 3 aliphatic heterocycles. The van der Waals surface area contributed by atoms with Crippen molar-refractivity contribution in [2.45, 2.75) is 341 Å². The molecular weight excluding hydrogens is 1830 g/mol. The van der Waals surface area contributed by atoms with Crippen molar-refractivity contribution in [1.82, 2.24) is 77.7 Å². The van der Waals surface area contributed by atoms with Crippen molar-refractivity contribution < 1.29 is 86.3 Å². The van der Waals surface area contributed by atoms with E-state index < -0.39 is 194 Å². The van der Waals surface area contributed by atoms with Crippen molar-refractivity contribution in [3.63, 3.8) is 0 Å². The summed E-state index contributed by atoms with van der Waals surface area (Å²) in [7, 11) is 3.44. The number of hydrogen-bond acceptors (Lipinski definition) is 18. The molecule has 7 saturated carbocycles. The number of nitrogens with one attached hydrogen (secondary N) is 10. The average molecular weight is 1990 g/mol. The van der Waals surface area contributed by atoms with Gasteiger partial charge in [0.25, 0.3) is 17.7 Å². The van der Waals surface area contributed by atoms with Crippen LogP contribution in [0.15, 0.2) is 60.7 Å². The Morgan fingerprint density at radius 1 is 0.371 bits per heavy atom. The standard InChI is InChI=1S/2C37H56N6O6.C33H54N6O6/c1-34(2,3)27(31(47)42-37(9,10)21-14-12-11-13-15-21)40-33(49)41-28(35(4,5)6)32(48)43-19-22-24(36(22,7)8)25(43)30(46)39-23(18-20-16-17-20)26(44)29(38)45;1-35(2,3)28(32(47)42(9)19-22-14-11-10-12-15-22)40-34(49)41-29(36(4,5)6)33(48)43-20-23-25(37(23,7)8)26(43)31(46)39-24(27(44)30(38)45)18-21-16-13-17-21;1-17(2)23(29(43)38(8)15-19-12-13-19)36-31(45)37-26(32(3,4)5)30(44)39-16-20-22(33(20,6)7)24(39)28(42)35-21(25(40)27(34)41)14-18-10-9-11-18/h11-15,20,22-25,27-28H,16-19H2,1-10H3,(H2,38,45)(H,39,46)(H,42,47)(H2,40,41,49);10-12,14-15,21,23-26,28-29H,13,16-20H2,1-9H3,(H2,38,45)(H,39,46)(H2,40,41,49);17-24,26H,9-16H2,1-8H3,(H2,34,41)(H,35,42)(H2,36,37,45)/t22-,23?,24-,25-,27+,28+;23-,24?,25-,26-,28+,29+;20-,21?,22-,23-,24-,26+/m000/s1. The number of fused-ring (bicyclic) bond motifs is 3. The summed E-state index contributed by atoms with van der Waals surface area (Å²) < 4.78 is 0. The number of rotatable bonds is 37. The third-order valence-corrected chi connectivity index (χ3v) is 32.1. The fraction of sp³-hybridized carbons (Fsp3) is 0.720. The van der Waals surface area contributed by atoms with E-state index in [4.69, 9.17) is 17.2 Å². The Balaban J connectivity index is 0.000000221. The number of primary amides is 3. The molecule has 3 heterocycles. The number of Topliss-reactive ketones (excluding diaryl/α,β-unsaturated/α-hetero) is 3. The maximum atomic E-state index is 14.4. The third kappa shape index (κ3) is 27.4. The summed E-state index contributed by atoms with van der Waals surface area (Å²) in [6, 6.07) is 5.61. The molecule has 18 atom stereocenters. The number of likely N-dealkylation sites (N-methyl/N-ethyl adjacent to an activating group) is 2. The van der Waals surface area contributed by atoms with Crippen molar-refractivity contribution in [1.29, 1.82) is 0 Å². The van der Waals surface area contributed by atoms with Gasteiger partial charge in [-0.05, 0) is 165 Å². The molecule has 36 heteroatoms. The molecule has 143 heavy (non-hydrogen) atoms. The van der Waals surface area contributed by atoms with Crippen LogP contribution in [0.5, 0.6) is 0 Å². The van der Waals surface area contributed by atoms with Crippen LogP contribution < -0.4 is 70.4 Å².